The summed E-state index contributed by atoms with van der Waals surface area (Å²) in [6.45, 7) is 5.02. The van der Waals surface area contributed by atoms with Crippen LogP contribution in [0, 0.1) is 0 Å². The van der Waals surface area contributed by atoms with Crippen LogP contribution in [0.1, 0.15) is 11.1 Å². The van der Waals surface area contributed by atoms with Crippen molar-refractivity contribution in [3.05, 3.63) is 59.7 Å². The third-order valence-corrected chi connectivity index (χ3v) is 5.19. The molecule has 27 heavy (non-hydrogen) atoms. The van der Waals surface area contributed by atoms with Gasteiger partial charge in [-0.15, -0.1) is 24.8 Å². The minimum atomic E-state index is 0. The van der Waals surface area contributed by atoms with E-state index < -0.39 is 0 Å². The quantitative estimate of drug-likeness (QED) is 0.389. The summed E-state index contributed by atoms with van der Waals surface area (Å²) in [4.78, 5) is 2.67. The van der Waals surface area contributed by atoms with E-state index in [0.29, 0.717) is 13.1 Å². The largest absolute Gasteiger partial charge is 0.329 e. The molecule has 0 unspecified atom stereocenters. The summed E-state index contributed by atoms with van der Waals surface area (Å²) in [7, 11) is 0. The van der Waals surface area contributed by atoms with Crippen molar-refractivity contribution in [2.45, 2.75) is 22.6 Å². The molecule has 0 aliphatic carbocycles. The van der Waals surface area contributed by atoms with E-state index in [-0.39, 0.29) is 24.8 Å². The Morgan fingerprint density at radius 1 is 0.630 bits per heavy atom. The fraction of sp³-hybridized carbons (Fsp3) is 0.400. The molecule has 2 aromatic carbocycles. The lowest BCUT2D eigenvalue weighted by atomic mass is 10.1. The number of hydrogen-bond donors (Lipinski definition) is 4. The molecule has 152 valence electrons. The van der Waals surface area contributed by atoms with Crippen LogP contribution in [0.2, 0.25) is 0 Å². The Balaban J connectivity index is 0.00000338. The van der Waals surface area contributed by atoms with E-state index in [1.54, 1.807) is 0 Å². The van der Waals surface area contributed by atoms with Gasteiger partial charge in [0.25, 0.3) is 0 Å². The minimum absolute atomic E-state index is 0. The van der Waals surface area contributed by atoms with E-state index in [4.69, 9.17) is 11.5 Å². The van der Waals surface area contributed by atoms with Crippen LogP contribution in [0.15, 0.2) is 58.3 Å². The average Bonchev–Trinajstić information content (AvgIpc) is 2.65. The Bertz CT molecular complexity index is 575. The highest BCUT2D eigenvalue weighted by molar-refractivity contribution is 7.99. The van der Waals surface area contributed by atoms with Crippen LogP contribution < -0.4 is 22.1 Å². The van der Waals surface area contributed by atoms with Crippen LogP contribution in [0.4, 0.5) is 0 Å². The molecule has 7 heteroatoms. The third kappa shape index (κ3) is 9.81. The first kappa shape index (κ1) is 26.2. The molecule has 0 fully saturated rings. The maximum atomic E-state index is 5.54. The Kier molecular flexibility index (Phi) is 15.7. The van der Waals surface area contributed by atoms with Crippen molar-refractivity contribution in [2.75, 3.05) is 39.3 Å². The summed E-state index contributed by atoms with van der Waals surface area (Å²) >= 11 is 1.86. The summed E-state index contributed by atoms with van der Waals surface area (Å²) in [5.74, 6) is 0. The van der Waals surface area contributed by atoms with E-state index in [1.165, 1.54) is 20.9 Å². The van der Waals surface area contributed by atoms with Crippen LogP contribution >= 0.6 is 36.6 Å². The first-order valence-corrected chi connectivity index (χ1v) is 9.82. The van der Waals surface area contributed by atoms with E-state index in [9.17, 15) is 0 Å². The summed E-state index contributed by atoms with van der Waals surface area (Å²) in [5, 5.41) is 6.75. The smallest absolute Gasteiger partial charge is 0.0154 e. The lowest BCUT2D eigenvalue weighted by Crippen LogP contribution is -2.24. The molecule has 0 aliphatic rings. The van der Waals surface area contributed by atoms with Crippen LogP contribution in [0.5, 0.6) is 0 Å². The second kappa shape index (κ2) is 16.2. The van der Waals surface area contributed by atoms with Gasteiger partial charge in [-0.25, -0.2) is 0 Å². The second-order valence-corrected chi connectivity index (χ2v) is 6.98. The van der Waals surface area contributed by atoms with Gasteiger partial charge in [0, 0.05) is 36.0 Å². The molecule has 2 aromatic rings. The standard InChI is InChI=1S/C20H30N4S.2ClH/c21-11-15-23-13-9-17-5-1-3-7-19(17)25-20-8-4-2-6-18(20)10-14-24-16-12-22;;/h1-8,23-24H,9-16,21-22H2;2*1H. The summed E-state index contributed by atoms with van der Waals surface area (Å²) in [6.07, 6.45) is 2.03. The number of rotatable bonds is 12. The normalized spacial score (nSPS) is 10.1. The van der Waals surface area contributed by atoms with E-state index in [2.05, 4.69) is 59.2 Å². The molecule has 2 rings (SSSR count). The molecule has 6 N–H and O–H groups in total. The van der Waals surface area contributed by atoms with Gasteiger partial charge in [0.2, 0.25) is 0 Å². The third-order valence-electron chi connectivity index (χ3n) is 3.95. The number of nitrogens with one attached hydrogen (secondary N) is 2. The van der Waals surface area contributed by atoms with Crippen molar-refractivity contribution < 1.29 is 0 Å². The summed E-state index contributed by atoms with van der Waals surface area (Å²) in [5.41, 5.74) is 13.8. The van der Waals surface area contributed by atoms with E-state index in [0.717, 1.165) is 39.0 Å². The van der Waals surface area contributed by atoms with Crippen molar-refractivity contribution in [3.63, 3.8) is 0 Å². The molecule has 0 amide bonds. The Labute approximate surface area is 180 Å². The fourth-order valence-electron chi connectivity index (χ4n) is 2.64. The Morgan fingerprint density at radius 2 is 1.04 bits per heavy atom. The Hall–Kier alpha value is -0.790. The van der Waals surface area contributed by atoms with Crippen molar-refractivity contribution >= 4 is 36.6 Å². The molecular weight excluding hydrogens is 399 g/mol. The summed E-state index contributed by atoms with van der Waals surface area (Å²) in [6, 6.07) is 17.3. The molecule has 4 nitrogen and oxygen atoms in total. The zero-order chi connectivity index (χ0) is 17.7. The molecular formula is C20H32Cl2N4S. The summed E-state index contributed by atoms with van der Waals surface area (Å²) < 4.78 is 0. The van der Waals surface area contributed by atoms with Gasteiger partial charge in [-0.3, -0.25) is 0 Å². The van der Waals surface area contributed by atoms with Gasteiger partial charge in [0.05, 0.1) is 0 Å². The van der Waals surface area contributed by atoms with Gasteiger partial charge in [-0.2, -0.15) is 0 Å². The molecule has 0 aromatic heterocycles. The lowest BCUT2D eigenvalue weighted by molar-refractivity contribution is 0.684. The highest BCUT2D eigenvalue weighted by Crippen LogP contribution is 2.33. The average molecular weight is 431 g/mol. The molecule has 0 saturated carbocycles. The zero-order valence-electron chi connectivity index (χ0n) is 15.7. The van der Waals surface area contributed by atoms with Crippen LogP contribution in [0.3, 0.4) is 0 Å². The molecule has 0 heterocycles. The predicted molar refractivity (Wildman–Crippen MR) is 123 cm³/mol. The van der Waals surface area contributed by atoms with Gasteiger partial charge in [-0.1, -0.05) is 48.2 Å². The first-order valence-electron chi connectivity index (χ1n) is 9.00. The topological polar surface area (TPSA) is 76.1 Å². The molecule has 0 spiro atoms. The van der Waals surface area contributed by atoms with Gasteiger partial charge >= 0.3 is 0 Å². The Morgan fingerprint density at radius 3 is 1.44 bits per heavy atom. The monoisotopic (exact) mass is 430 g/mol. The highest BCUT2D eigenvalue weighted by atomic mass is 35.5. The second-order valence-electron chi connectivity index (χ2n) is 5.89. The van der Waals surface area contributed by atoms with Crippen molar-refractivity contribution in [1.82, 2.24) is 10.6 Å². The molecule has 0 atom stereocenters. The number of benzene rings is 2. The maximum absolute atomic E-state index is 5.54. The van der Waals surface area contributed by atoms with Gasteiger partial charge in [-0.05, 0) is 49.2 Å². The minimum Gasteiger partial charge on any atom is -0.329 e. The maximum Gasteiger partial charge on any atom is 0.0154 e. The molecule has 0 saturated heterocycles. The van der Waals surface area contributed by atoms with Gasteiger partial charge in [0.15, 0.2) is 0 Å². The fourth-order valence-corrected chi connectivity index (χ4v) is 3.77. The van der Waals surface area contributed by atoms with E-state index in [1.807, 2.05) is 11.8 Å². The zero-order valence-corrected chi connectivity index (χ0v) is 18.1. The van der Waals surface area contributed by atoms with Gasteiger partial charge in [0.1, 0.15) is 0 Å². The first-order chi connectivity index (χ1) is 12.3. The predicted octanol–water partition coefficient (Wildman–Crippen LogP) is 2.86. The van der Waals surface area contributed by atoms with Gasteiger partial charge < -0.3 is 22.1 Å². The molecule has 0 bridgehead atoms. The lowest BCUT2D eigenvalue weighted by Gasteiger charge is -2.13. The van der Waals surface area contributed by atoms with Crippen LogP contribution in [-0.2, 0) is 12.8 Å². The number of hydrogen-bond acceptors (Lipinski definition) is 5. The van der Waals surface area contributed by atoms with Crippen molar-refractivity contribution in [2.24, 2.45) is 11.5 Å². The van der Waals surface area contributed by atoms with Crippen LogP contribution in [-0.4, -0.2) is 39.3 Å². The van der Waals surface area contributed by atoms with Crippen molar-refractivity contribution in [1.29, 1.82) is 0 Å². The number of halogens is 2. The van der Waals surface area contributed by atoms with Crippen LogP contribution in [0.25, 0.3) is 0 Å². The number of nitrogens with two attached hydrogens (primary N) is 2. The van der Waals surface area contributed by atoms with E-state index >= 15 is 0 Å². The molecule has 0 aliphatic heterocycles. The van der Waals surface area contributed by atoms with Crippen molar-refractivity contribution in [3.8, 4) is 0 Å². The highest BCUT2D eigenvalue weighted by Gasteiger charge is 2.07. The molecule has 0 radical (unpaired) electrons. The SMILES string of the molecule is Cl.Cl.NCCNCCc1ccccc1Sc1ccccc1CCNCCN.